The van der Waals surface area contributed by atoms with E-state index in [1.807, 2.05) is 0 Å². The van der Waals surface area contributed by atoms with Crippen molar-refractivity contribution >= 4 is 32.1 Å². The van der Waals surface area contributed by atoms with Crippen molar-refractivity contribution in [3.05, 3.63) is 23.0 Å². The zero-order chi connectivity index (χ0) is 16.9. The molecule has 1 rings (SSSR count). The summed E-state index contributed by atoms with van der Waals surface area (Å²) in [5, 5.41) is 18.9. The minimum Gasteiger partial charge on any atom is -0.506 e. The molecule has 0 saturated carbocycles. The molecule has 9 nitrogen and oxygen atoms in total. The summed E-state index contributed by atoms with van der Waals surface area (Å²) in [7, 11) is -4.69. The minimum absolute atomic E-state index is 0.103. The van der Waals surface area contributed by atoms with Crippen molar-refractivity contribution in [1.29, 1.82) is 0 Å². The van der Waals surface area contributed by atoms with Crippen LogP contribution in [0.4, 0.5) is 0 Å². The Hall–Kier alpha value is -1.45. The lowest BCUT2D eigenvalue weighted by atomic mass is 10.1. The summed E-state index contributed by atoms with van der Waals surface area (Å²) in [6.45, 7) is 0.809. The van der Waals surface area contributed by atoms with Crippen LogP contribution in [0.25, 0.3) is 0 Å². The molecule has 0 aliphatic rings. The predicted molar refractivity (Wildman–Crippen MR) is 80.1 cm³/mol. The van der Waals surface area contributed by atoms with E-state index in [4.69, 9.17) is 14.9 Å². The van der Waals surface area contributed by atoms with E-state index in [0.29, 0.717) is 0 Å². The fourth-order valence-corrected chi connectivity index (χ4v) is 2.04. The molecule has 22 heavy (non-hydrogen) atoms. The maximum atomic E-state index is 10.9. The Balaban J connectivity index is 3.12. The molecular formula is C11H15N2O7PS. The summed E-state index contributed by atoms with van der Waals surface area (Å²) in [4.78, 5) is 36.0. The van der Waals surface area contributed by atoms with Gasteiger partial charge >= 0.3 is 13.8 Å². The van der Waals surface area contributed by atoms with Gasteiger partial charge in [0.25, 0.3) is 0 Å². The van der Waals surface area contributed by atoms with Gasteiger partial charge in [-0.1, -0.05) is 0 Å². The van der Waals surface area contributed by atoms with E-state index < -0.39 is 20.4 Å². The molecule has 0 fully saturated rings. The third kappa shape index (κ3) is 5.39. The van der Waals surface area contributed by atoms with Crippen molar-refractivity contribution in [3.8, 4) is 5.75 Å². The number of aliphatic carboxylic acids is 1. The number of phosphoric ester groups is 1. The highest BCUT2D eigenvalue weighted by Crippen LogP contribution is 2.38. The SMILES string of the molecule is Cc1ncc(COP(=O)(O)O)c(CN=C(CS)C(=O)O)c1O. The number of aromatic nitrogens is 1. The molecule has 1 heterocycles. The Bertz CT molecular complexity index is 644. The number of nitrogens with zero attached hydrogens (tertiary/aromatic N) is 2. The Morgan fingerprint density at radius 2 is 2.14 bits per heavy atom. The standard InChI is InChI=1S/C11H15N2O7PS/c1-6-10(14)8(3-13-9(5-22)11(15)16)7(2-12-6)4-20-21(17,18)19/h2,14,22H,3-5H2,1H3,(H,15,16)(H2,17,18,19). The zero-order valence-electron chi connectivity index (χ0n) is 11.5. The van der Waals surface area contributed by atoms with E-state index in [1.165, 1.54) is 13.1 Å². The largest absolute Gasteiger partial charge is 0.506 e. The van der Waals surface area contributed by atoms with Gasteiger partial charge in [0.1, 0.15) is 11.5 Å². The molecule has 4 N–H and O–H groups in total. The van der Waals surface area contributed by atoms with Crippen molar-refractivity contribution in [2.75, 3.05) is 5.75 Å². The van der Waals surface area contributed by atoms with Crippen molar-refractivity contribution in [3.63, 3.8) is 0 Å². The van der Waals surface area contributed by atoms with E-state index in [1.54, 1.807) is 0 Å². The summed E-state index contributed by atoms with van der Waals surface area (Å²) in [6.07, 6.45) is 1.27. The quantitative estimate of drug-likeness (QED) is 0.273. The van der Waals surface area contributed by atoms with Crippen molar-refractivity contribution in [2.24, 2.45) is 4.99 Å². The fourth-order valence-electron chi connectivity index (χ4n) is 1.50. The van der Waals surface area contributed by atoms with Gasteiger partial charge in [0.05, 0.1) is 18.8 Å². The van der Waals surface area contributed by atoms with Crippen molar-refractivity contribution in [2.45, 2.75) is 20.1 Å². The van der Waals surface area contributed by atoms with E-state index in [9.17, 15) is 14.5 Å². The molecule has 0 aliphatic carbocycles. The van der Waals surface area contributed by atoms with Crippen LogP contribution >= 0.6 is 20.5 Å². The van der Waals surface area contributed by atoms with Crippen LogP contribution in [0.3, 0.4) is 0 Å². The Labute approximate surface area is 131 Å². The molecular weight excluding hydrogens is 335 g/mol. The predicted octanol–water partition coefficient (Wildman–Crippen LogP) is 0.660. The maximum absolute atomic E-state index is 10.9. The molecule has 0 spiro atoms. The average Bonchev–Trinajstić information content (AvgIpc) is 2.41. The van der Waals surface area contributed by atoms with Crippen LogP contribution in [0.2, 0.25) is 0 Å². The number of carboxylic acids is 1. The van der Waals surface area contributed by atoms with Gasteiger partial charge in [-0.3, -0.25) is 14.5 Å². The molecule has 1 aromatic heterocycles. The molecule has 0 amide bonds. The van der Waals surface area contributed by atoms with Gasteiger partial charge in [0, 0.05) is 23.1 Å². The van der Waals surface area contributed by atoms with Crippen molar-refractivity contribution < 1.29 is 33.9 Å². The van der Waals surface area contributed by atoms with Crippen LogP contribution in [0.1, 0.15) is 16.8 Å². The van der Waals surface area contributed by atoms with Gasteiger partial charge in [-0.2, -0.15) is 12.6 Å². The summed E-state index contributed by atoms with van der Waals surface area (Å²) in [5.74, 6) is -1.58. The zero-order valence-corrected chi connectivity index (χ0v) is 13.3. The Morgan fingerprint density at radius 1 is 1.50 bits per heavy atom. The van der Waals surface area contributed by atoms with Gasteiger partial charge in [-0.25, -0.2) is 9.36 Å². The first-order valence-corrected chi connectivity index (χ1v) is 8.06. The summed E-state index contributed by atoms with van der Waals surface area (Å²) in [6, 6.07) is 0. The molecule has 0 atom stereocenters. The first kappa shape index (κ1) is 18.6. The molecule has 0 unspecified atom stereocenters. The number of hydrogen-bond acceptors (Lipinski definition) is 7. The molecule has 0 bridgehead atoms. The number of thiol groups is 1. The lowest BCUT2D eigenvalue weighted by Crippen LogP contribution is -2.15. The van der Waals surface area contributed by atoms with Crippen molar-refractivity contribution in [1.82, 2.24) is 4.98 Å². The second-order valence-corrected chi connectivity index (χ2v) is 5.74. The third-order valence-corrected chi connectivity index (χ3v) is 3.41. The number of aromatic hydroxyl groups is 1. The number of aliphatic imine (C=N–C) groups is 1. The summed E-state index contributed by atoms with van der Waals surface area (Å²) >= 11 is 3.84. The lowest BCUT2D eigenvalue weighted by Gasteiger charge is -2.12. The smallest absolute Gasteiger partial charge is 0.469 e. The lowest BCUT2D eigenvalue weighted by molar-refractivity contribution is -0.129. The van der Waals surface area contributed by atoms with Crippen LogP contribution in [0.15, 0.2) is 11.2 Å². The van der Waals surface area contributed by atoms with E-state index in [-0.39, 0.29) is 40.6 Å². The number of pyridine rings is 1. The van der Waals surface area contributed by atoms with Crippen LogP contribution in [-0.4, -0.2) is 42.4 Å². The highest BCUT2D eigenvalue weighted by atomic mass is 32.1. The molecule has 11 heteroatoms. The normalized spacial score (nSPS) is 12.5. The Morgan fingerprint density at radius 3 is 2.64 bits per heavy atom. The van der Waals surface area contributed by atoms with Gasteiger partial charge in [0.2, 0.25) is 0 Å². The number of aryl methyl sites for hydroxylation is 1. The molecule has 0 aliphatic heterocycles. The van der Waals surface area contributed by atoms with Gasteiger partial charge in [0.15, 0.2) is 0 Å². The minimum atomic E-state index is -4.69. The molecule has 122 valence electrons. The monoisotopic (exact) mass is 350 g/mol. The molecule has 0 aromatic carbocycles. The summed E-state index contributed by atoms with van der Waals surface area (Å²) in [5.41, 5.74) is 0.437. The van der Waals surface area contributed by atoms with Gasteiger partial charge < -0.3 is 20.0 Å². The van der Waals surface area contributed by atoms with E-state index in [2.05, 4.69) is 27.1 Å². The average molecular weight is 350 g/mol. The van der Waals surface area contributed by atoms with E-state index in [0.717, 1.165) is 0 Å². The number of carbonyl (C=O) groups is 1. The van der Waals surface area contributed by atoms with Crippen LogP contribution < -0.4 is 0 Å². The first-order valence-electron chi connectivity index (χ1n) is 5.89. The van der Waals surface area contributed by atoms with Crippen LogP contribution in [0.5, 0.6) is 5.75 Å². The van der Waals surface area contributed by atoms with Crippen LogP contribution in [-0.2, 0) is 27.0 Å². The number of hydrogen-bond donors (Lipinski definition) is 5. The topological polar surface area (TPSA) is 150 Å². The number of phosphoric acid groups is 1. The summed E-state index contributed by atoms with van der Waals surface area (Å²) < 4.78 is 15.1. The highest BCUT2D eigenvalue weighted by Gasteiger charge is 2.18. The molecule has 0 radical (unpaired) electrons. The van der Waals surface area contributed by atoms with E-state index >= 15 is 0 Å². The van der Waals surface area contributed by atoms with Gasteiger partial charge in [-0.05, 0) is 6.92 Å². The molecule has 0 saturated heterocycles. The second-order valence-electron chi connectivity index (χ2n) is 4.19. The first-order chi connectivity index (χ1) is 10.2. The number of rotatable bonds is 7. The number of carboxylic acid groups (broad SMARTS) is 1. The maximum Gasteiger partial charge on any atom is 0.469 e. The molecule has 1 aromatic rings. The van der Waals surface area contributed by atoms with Crippen LogP contribution in [0, 0.1) is 6.92 Å². The Kier molecular flexibility index (Phi) is 6.51. The fraction of sp³-hybridized carbons (Fsp3) is 0.364. The van der Waals surface area contributed by atoms with Gasteiger partial charge in [-0.15, -0.1) is 0 Å². The highest BCUT2D eigenvalue weighted by molar-refractivity contribution is 7.81. The third-order valence-electron chi connectivity index (χ3n) is 2.64. The second kappa shape index (κ2) is 7.70.